The molecule has 0 atom stereocenters. The van der Waals surface area contributed by atoms with E-state index in [0.29, 0.717) is 22.9 Å². The number of rotatable bonds is 5. The van der Waals surface area contributed by atoms with E-state index >= 15 is 0 Å². The van der Waals surface area contributed by atoms with E-state index in [4.69, 9.17) is 17.3 Å². The molecule has 31 heavy (non-hydrogen) atoms. The fourth-order valence-electron chi connectivity index (χ4n) is 3.74. The van der Waals surface area contributed by atoms with Crippen molar-refractivity contribution in [3.63, 3.8) is 0 Å². The fraction of sp³-hybridized carbons (Fsp3) is 0.300. The van der Waals surface area contributed by atoms with Gasteiger partial charge in [-0.1, -0.05) is 46.8 Å². The van der Waals surface area contributed by atoms with Crippen LogP contribution in [0.1, 0.15) is 48.0 Å². The Bertz CT molecular complexity index is 1200. The predicted octanol–water partition coefficient (Wildman–Crippen LogP) is 4.14. The molecule has 1 fully saturated rings. The lowest BCUT2D eigenvalue weighted by atomic mass is 9.70. The molecular weight excluding hydrogens is 510 g/mol. The van der Waals surface area contributed by atoms with Crippen molar-refractivity contribution in [2.75, 3.05) is 4.72 Å². The first-order valence-electron chi connectivity index (χ1n) is 9.30. The van der Waals surface area contributed by atoms with Crippen LogP contribution in [0.15, 0.2) is 33.6 Å². The van der Waals surface area contributed by atoms with Crippen LogP contribution in [0.4, 0.5) is 5.69 Å². The SMILES string of the molecule is N#CC1(c2cc(NS(=O)(=O)c3cc(Br)cc(Cl)c3O)c(O)c(C(N)=O)c2)CCCCC1. The Balaban J connectivity index is 2.16. The van der Waals surface area contributed by atoms with Gasteiger partial charge in [-0.15, -0.1) is 0 Å². The van der Waals surface area contributed by atoms with E-state index in [0.717, 1.165) is 25.3 Å². The van der Waals surface area contributed by atoms with Crippen LogP contribution in [0.5, 0.6) is 11.5 Å². The maximum Gasteiger partial charge on any atom is 0.265 e. The summed E-state index contributed by atoms with van der Waals surface area (Å²) in [6.45, 7) is 0. The molecule has 8 nitrogen and oxygen atoms in total. The fourth-order valence-corrected chi connectivity index (χ4v) is 5.96. The summed E-state index contributed by atoms with van der Waals surface area (Å²) in [6, 6.07) is 7.40. The lowest BCUT2D eigenvalue weighted by Gasteiger charge is -2.32. The Labute approximate surface area is 192 Å². The maximum absolute atomic E-state index is 13.0. The highest BCUT2D eigenvalue weighted by molar-refractivity contribution is 9.10. The molecule has 0 saturated heterocycles. The summed E-state index contributed by atoms with van der Waals surface area (Å²) < 4.78 is 28.4. The zero-order valence-electron chi connectivity index (χ0n) is 16.2. The van der Waals surface area contributed by atoms with Crippen molar-refractivity contribution in [2.24, 2.45) is 5.73 Å². The third kappa shape index (κ3) is 4.44. The van der Waals surface area contributed by atoms with E-state index in [1.165, 1.54) is 18.2 Å². The number of halogens is 2. The van der Waals surface area contributed by atoms with Crippen LogP contribution in [0.2, 0.25) is 5.02 Å². The Morgan fingerprint density at radius 1 is 1.16 bits per heavy atom. The summed E-state index contributed by atoms with van der Waals surface area (Å²) in [5, 5.41) is 30.3. The topological polar surface area (TPSA) is 154 Å². The summed E-state index contributed by atoms with van der Waals surface area (Å²) in [7, 11) is -4.44. The van der Waals surface area contributed by atoms with Crippen molar-refractivity contribution in [3.8, 4) is 17.6 Å². The van der Waals surface area contributed by atoms with E-state index in [-0.39, 0.29) is 16.3 Å². The van der Waals surface area contributed by atoms with Crippen molar-refractivity contribution in [3.05, 3.63) is 44.9 Å². The number of amides is 1. The molecule has 0 aliphatic heterocycles. The lowest BCUT2D eigenvalue weighted by Crippen LogP contribution is -2.28. The number of nitrogens with two attached hydrogens (primary N) is 1. The second-order valence-electron chi connectivity index (χ2n) is 7.38. The number of hydrogen-bond acceptors (Lipinski definition) is 6. The van der Waals surface area contributed by atoms with Gasteiger partial charge in [-0.05, 0) is 42.7 Å². The third-order valence-electron chi connectivity index (χ3n) is 5.38. The molecule has 1 aliphatic carbocycles. The number of carbonyl (C=O) groups is 1. The molecule has 1 amide bonds. The van der Waals surface area contributed by atoms with Gasteiger partial charge in [0.25, 0.3) is 15.9 Å². The summed E-state index contributed by atoms with van der Waals surface area (Å²) in [5.74, 6) is -2.33. The van der Waals surface area contributed by atoms with Crippen LogP contribution in [0.25, 0.3) is 0 Å². The highest BCUT2D eigenvalue weighted by Crippen LogP contribution is 2.43. The number of sulfonamides is 1. The third-order valence-corrected chi connectivity index (χ3v) is 7.50. The molecule has 0 unspecified atom stereocenters. The van der Waals surface area contributed by atoms with E-state index in [1.807, 2.05) is 0 Å². The molecule has 0 radical (unpaired) electrons. The summed E-state index contributed by atoms with van der Waals surface area (Å²) in [4.78, 5) is 11.4. The smallest absolute Gasteiger partial charge is 0.265 e. The molecule has 11 heteroatoms. The first kappa shape index (κ1) is 23.2. The number of nitrogens with zero attached hydrogens (tertiary/aromatic N) is 1. The van der Waals surface area contributed by atoms with E-state index < -0.39 is 37.7 Å². The van der Waals surface area contributed by atoms with E-state index in [1.54, 1.807) is 0 Å². The van der Waals surface area contributed by atoms with E-state index in [2.05, 4.69) is 26.7 Å². The Hall–Kier alpha value is -2.48. The summed E-state index contributed by atoms with van der Waals surface area (Å²) >= 11 is 8.99. The highest BCUT2D eigenvalue weighted by Gasteiger charge is 2.36. The van der Waals surface area contributed by atoms with Gasteiger partial charge in [-0.25, -0.2) is 8.42 Å². The van der Waals surface area contributed by atoms with Crippen molar-refractivity contribution >= 4 is 49.1 Å². The second-order valence-corrected chi connectivity index (χ2v) is 10.4. The van der Waals surface area contributed by atoms with Crippen LogP contribution in [-0.4, -0.2) is 24.5 Å². The van der Waals surface area contributed by atoms with Crippen LogP contribution in [0.3, 0.4) is 0 Å². The van der Waals surface area contributed by atoms with Gasteiger partial charge >= 0.3 is 0 Å². The molecular formula is C20H19BrClN3O5S. The molecule has 1 saturated carbocycles. The number of anilines is 1. The molecule has 5 N–H and O–H groups in total. The van der Waals surface area contributed by atoms with Gasteiger partial charge < -0.3 is 15.9 Å². The minimum Gasteiger partial charge on any atom is -0.505 e. The molecule has 2 aromatic carbocycles. The largest absolute Gasteiger partial charge is 0.505 e. The molecule has 0 heterocycles. The Kier molecular flexibility index (Phi) is 6.41. The van der Waals surface area contributed by atoms with Crippen LogP contribution in [0, 0.1) is 11.3 Å². The lowest BCUT2D eigenvalue weighted by molar-refractivity contribution is 0.0997. The molecule has 1 aliphatic rings. The van der Waals surface area contributed by atoms with Gasteiger partial charge in [0.05, 0.1) is 27.8 Å². The van der Waals surface area contributed by atoms with Gasteiger partial charge in [0.15, 0.2) is 11.5 Å². The number of phenols is 2. The molecule has 3 rings (SSSR count). The van der Waals surface area contributed by atoms with Crippen LogP contribution >= 0.6 is 27.5 Å². The quantitative estimate of drug-likeness (QED) is 0.428. The molecule has 0 spiro atoms. The number of nitrogens with one attached hydrogen (secondary N) is 1. The van der Waals surface area contributed by atoms with Crippen LogP contribution < -0.4 is 10.5 Å². The number of nitriles is 1. The molecule has 2 aromatic rings. The summed E-state index contributed by atoms with van der Waals surface area (Å²) in [6.07, 6.45) is 3.62. The number of carbonyl (C=O) groups excluding carboxylic acids is 1. The Morgan fingerprint density at radius 3 is 2.39 bits per heavy atom. The van der Waals surface area contributed by atoms with Gasteiger partial charge in [0, 0.05) is 4.47 Å². The van der Waals surface area contributed by atoms with Crippen molar-refractivity contribution < 1.29 is 23.4 Å². The molecule has 0 aromatic heterocycles. The number of phenolic OH excluding ortho intramolecular Hbond substituents is 1. The first-order valence-corrected chi connectivity index (χ1v) is 12.0. The number of hydrogen-bond donors (Lipinski definition) is 4. The number of benzene rings is 2. The normalized spacial score (nSPS) is 15.8. The monoisotopic (exact) mass is 527 g/mol. The van der Waals surface area contributed by atoms with Crippen LogP contribution in [-0.2, 0) is 15.4 Å². The maximum atomic E-state index is 13.0. The summed E-state index contributed by atoms with van der Waals surface area (Å²) in [5.41, 5.74) is 4.19. The molecule has 164 valence electrons. The Morgan fingerprint density at radius 2 is 1.81 bits per heavy atom. The standard InChI is InChI=1S/C20H19BrClN3O5S/c21-12-8-14(22)18(27)16(9-12)31(29,30)25-15-7-11(6-13(17(15)26)19(24)28)20(10-23)4-2-1-3-5-20/h6-9,25-27H,1-5H2,(H2,24,28). The second kappa shape index (κ2) is 8.57. The van der Waals surface area contributed by atoms with Gasteiger partial charge in [0.1, 0.15) is 4.90 Å². The van der Waals surface area contributed by atoms with Gasteiger partial charge in [-0.2, -0.15) is 5.26 Å². The van der Waals surface area contributed by atoms with Gasteiger partial charge in [0.2, 0.25) is 0 Å². The van der Waals surface area contributed by atoms with Crippen molar-refractivity contribution in [1.29, 1.82) is 5.26 Å². The molecule has 0 bridgehead atoms. The number of primary amides is 1. The number of aromatic hydroxyl groups is 2. The zero-order valence-corrected chi connectivity index (χ0v) is 19.3. The zero-order chi connectivity index (χ0) is 23.0. The van der Waals surface area contributed by atoms with Crippen molar-refractivity contribution in [1.82, 2.24) is 0 Å². The van der Waals surface area contributed by atoms with Crippen molar-refractivity contribution in [2.45, 2.75) is 42.4 Å². The average molecular weight is 529 g/mol. The minimum atomic E-state index is -4.44. The van der Waals surface area contributed by atoms with E-state index in [9.17, 15) is 28.7 Å². The predicted molar refractivity (Wildman–Crippen MR) is 119 cm³/mol. The first-order chi connectivity index (χ1) is 14.5. The van der Waals surface area contributed by atoms with Gasteiger partial charge in [-0.3, -0.25) is 9.52 Å². The highest BCUT2D eigenvalue weighted by atomic mass is 79.9. The average Bonchev–Trinajstić information content (AvgIpc) is 2.72. The minimum absolute atomic E-state index is 0.198.